The highest BCUT2D eigenvalue weighted by atomic mass is 19.3. The van der Waals surface area contributed by atoms with Crippen molar-refractivity contribution >= 4 is 0 Å². The van der Waals surface area contributed by atoms with Gasteiger partial charge in [-0.15, -0.1) is 0 Å². The smallest absolute Gasteiger partial charge is 0.261 e. The zero-order valence-electron chi connectivity index (χ0n) is 10.0. The summed E-state index contributed by atoms with van der Waals surface area (Å²) < 4.78 is 25.9. The molecule has 0 aromatic rings. The normalized spacial score (nSPS) is 30.4. The van der Waals surface area contributed by atoms with Crippen LogP contribution in [0.5, 0.6) is 0 Å². The molecule has 0 bridgehead atoms. The van der Waals surface area contributed by atoms with Gasteiger partial charge in [-0.05, 0) is 32.9 Å². The predicted molar refractivity (Wildman–Crippen MR) is 60.9 cm³/mol. The molecule has 0 aromatic heterocycles. The van der Waals surface area contributed by atoms with E-state index >= 15 is 0 Å². The van der Waals surface area contributed by atoms with Crippen LogP contribution in [-0.2, 0) is 0 Å². The second-order valence-electron chi connectivity index (χ2n) is 5.35. The molecule has 0 amide bonds. The van der Waals surface area contributed by atoms with Crippen LogP contribution in [0.25, 0.3) is 0 Å². The summed E-state index contributed by atoms with van der Waals surface area (Å²) >= 11 is 0. The molecule has 2 nitrogen and oxygen atoms in total. The van der Waals surface area contributed by atoms with Gasteiger partial charge in [-0.2, -0.15) is 0 Å². The second-order valence-corrected chi connectivity index (χ2v) is 5.35. The number of nitrogens with zero attached hydrogens (tertiary/aromatic N) is 1. The lowest BCUT2D eigenvalue weighted by Gasteiger charge is -2.25. The molecular formula is C12H22F2N2. The van der Waals surface area contributed by atoms with Crippen LogP contribution in [-0.4, -0.2) is 43.0 Å². The Morgan fingerprint density at radius 2 is 2.00 bits per heavy atom. The molecule has 1 saturated carbocycles. The van der Waals surface area contributed by atoms with E-state index in [-0.39, 0.29) is 19.0 Å². The zero-order chi connectivity index (χ0) is 11.6. The molecule has 0 spiro atoms. The molecule has 1 N–H and O–H groups in total. The second kappa shape index (κ2) is 4.96. The summed E-state index contributed by atoms with van der Waals surface area (Å²) in [6.07, 6.45) is 6.09. The van der Waals surface area contributed by atoms with Crippen molar-refractivity contribution in [2.75, 3.05) is 20.1 Å². The molecule has 2 rings (SSSR count). The first-order chi connectivity index (χ1) is 7.57. The van der Waals surface area contributed by atoms with Crippen LogP contribution in [0.3, 0.4) is 0 Å². The van der Waals surface area contributed by atoms with Gasteiger partial charge in [0.25, 0.3) is 5.92 Å². The monoisotopic (exact) mass is 232 g/mol. The molecule has 1 heterocycles. The van der Waals surface area contributed by atoms with Gasteiger partial charge in [0.1, 0.15) is 0 Å². The standard InChI is InChI=1S/C12H22F2N2/c1-16(11-4-2-3-5-11)7-6-10-8-12(13,14)9-15-10/h10-11,15H,2-9H2,1H3. The fourth-order valence-corrected chi connectivity index (χ4v) is 2.89. The minimum absolute atomic E-state index is 0.0128. The first-order valence-corrected chi connectivity index (χ1v) is 6.38. The highest BCUT2D eigenvalue weighted by Crippen LogP contribution is 2.27. The van der Waals surface area contributed by atoms with Crippen LogP contribution in [0, 0.1) is 0 Å². The van der Waals surface area contributed by atoms with Gasteiger partial charge >= 0.3 is 0 Å². The summed E-state index contributed by atoms with van der Waals surface area (Å²) in [7, 11) is 2.13. The van der Waals surface area contributed by atoms with Crippen LogP contribution in [0.15, 0.2) is 0 Å². The number of hydrogen-bond acceptors (Lipinski definition) is 2. The quantitative estimate of drug-likeness (QED) is 0.799. The Labute approximate surface area is 96.4 Å². The fraction of sp³-hybridized carbons (Fsp3) is 1.00. The van der Waals surface area contributed by atoms with E-state index in [4.69, 9.17) is 0 Å². The molecule has 1 atom stereocenters. The third-order valence-electron chi connectivity index (χ3n) is 3.97. The minimum Gasteiger partial charge on any atom is -0.308 e. The molecule has 2 fully saturated rings. The Morgan fingerprint density at radius 1 is 1.31 bits per heavy atom. The van der Waals surface area contributed by atoms with Crippen molar-refractivity contribution in [1.82, 2.24) is 10.2 Å². The van der Waals surface area contributed by atoms with Gasteiger partial charge in [0.15, 0.2) is 0 Å². The van der Waals surface area contributed by atoms with E-state index in [1.54, 1.807) is 0 Å². The topological polar surface area (TPSA) is 15.3 Å². The van der Waals surface area contributed by atoms with Gasteiger partial charge in [0.2, 0.25) is 0 Å². The molecule has 1 unspecified atom stereocenters. The Bertz CT molecular complexity index is 225. The lowest BCUT2D eigenvalue weighted by molar-refractivity contribution is 0.0205. The number of alkyl halides is 2. The predicted octanol–water partition coefficient (Wildman–Crippen LogP) is 2.25. The van der Waals surface area contributed by atoms with E-state index in [2.05, 4.69) is 17.3 Å². The zero-order valence-corrected chi connectivity index (χ0v) is 10.0. The van der Waals surface area contributed by atoms with E-state index < -0.39 is 5.92 Å². The summed E-state index contributed by atoms with van der Waals surface area (Å²) in [6.45, 7) is 0.809. The number of rotatable bonds is 4. The van der Waals surface area contributed by atoms with Crippen LogP contribution in [0.1, 0.15) is 38.5 Å². The van der Waals surface area contributed by atoms with Crippen molar-refractivity contribution in [3.05, 3.63) is 0 Å². The Balaban J connectivity index is 1.67. The molecule has 0 aromatic carbocycles. The maximum atomic E-state index is 12.9. The summed E-state index contributed by atoms with van der Waals surface area (Å²) in [6, 6.07) is 0.709. The van der Waals surface area contributed by atoms with E-state index in [1.165, 1.54) is 25.7 Å². The van der Waals surface area contributed by atoms with Gasteiger partial charge in [0, 0.05) is 18.5 Å². The molecule has 2 aliphatic rings. The third kappa shape index (κ3) is 3.14. The largest absolute Gasteiger partial charge is 0.308 e. The van der Waals surface area contributed by atoms with E-state index in [0.717, 1.165) is 13.0 Å². The van der Waals surface area contributed by atoms with Gasteiger partial charge in [-0.25, -0.2) is 8.78 Å². The number of nitrogens with one attached hydrogen (secondary N) is 1. The number of halogens is 2. The van der Waals surface area contributed by atoms with Crippen molar-refractivity contribution in [2.24, 2.45) is 0 Å². The van der Waals surface area contributed by atoms with Crippen molar-refractivity contribution in [2.45, 2.75) is 56.5 Å². The van der Waals surface area contributed by atoms with Crippen molar-refractivity contribution in [3.63, 3.8) is 0 Å². The molecule has 4 heteroatoms. The highest BCUT2D eigenvalue weighted by molar-refractivity contribution is 4.88. The molecule has 1 aliphatic carbocycles. The molecule has 0 radical (unpaired) electrons. The van der Waals surface area contributed by atoms with Crippen LogP contribution in [0.4, 0.5) is 8.78 Å². The average Bonchev–Trinajstić information content (AvgIpc) is 2.83. The minimum atomic E-state index is -2.48. The molecule has 1 saturated heterocycles. The summed E-state index contributed by atoms with van der Waals surface area (Å²) in [5.74, 6) is -2.48. The summed E-state index contributed by atoms with van der Waals surface area (Å²) in [5.41, 5.74) is 0. The average molecular weight is 232 g/mol. The molecule has 94 valence electrons. The van der Waals surface area contributed by atoms with Gasteiger partial charge in [-0.3, -0.25) is 0 Å². The third-order valence-corrected chi connectivity index (χ3v) is 3.97. The highest BCUT2D eigenvalue weighted by Gasteiger charge is 2.38. The van der Waals surface area contributed by atoms with Crippen molar-refractivity contribution < 1.29 is 8.78 Å². The summed E-state index contributed by atoms with van der Waals surface area (Å²) in [4.78, 5) is 2.35. The maximum absolute atomic E-state index is 12.9. The van der Waals surface area contributed by atoms with Gasteiger partial charge < -0.3 is 10.2 Å². The molecule has 1 aliphatic heterocycles. The van der Waals surface area contributed by atoms with Crippen LogP contribution >= 0.6 is 0 Å². The summed E-state index contributed by atoms with van der Waals surface area (Å²) in [5, 5.41) is 2.92. The Hall–Kier alpha value is -0.220. The van der Waals surface area contributed by atoms with Crippen LogP contribution < -0.4 is 5.32 Å². The van der Waals surface area contributed by atoms with Crippen molar-refractivity contribution in [1.29, 1.82) is 0 Å². The Kier molecular flexibility index (Phi) is 3.80. The SMILES string of the molecule is CN(CCC1CC(F)(F)CN1)C1CCCC1. The van der Waals surface area contributed by atoms with Gasteiger partial charge in [0.05, 0.1) is 6.54 Å². The van der Waals surface area contributed by atoms with Gasteiger partial charge in [-0.1, -0.05) is 12.8 Å². The van der Waals surface area contributed by atoms with E-state index in [0.29, 0.717) is 6.04 Å². The molecular weight excluding hydrogens is 210 g/mol. The Morgan fingerprint density at radius 3 is 2.56 bits per heavy atom. The van der Waals surface area contributed by atoms with Crippen molar-refractivity contribution in [3.8, 4) is 0 Å². The molecule has 16 heavy (non-hydrogen) atoms. The lowest BCUT2D eigenvalue weighted by Crippen LogP contribution is -2.33. The van der Waals surface area contributed by atoms with Crippen LogP contribution in [0.2, 0.25) is 0 Å². The lowest BCUT2D eigenvalue weighted by atomic mass is 10.1. The number of hydrogen-bond donors (Lipinski definition) is 1. The fourth-order valence-electron chi connectivity index (χ4n) is 2.89. The first kappa shape index (κ1) is 12.2. The van der Waals surface area contributed by atoms with E-state index in [9.17, 15) is 8.78 Å². The first-order valence-electron chi connectivity index (χ1n) is 6.38. The maximum Gasteiger partial charge on any atom is 0.261 e. The van der Waals surface area contributed by atoms with E-state index in [1.807, 2.05) is 0 Å².